The molecule has 3 aromatic rings. The van der Waals surface area contributed by atoms with Gasteiger partial charge in [0.25, 0.3) is 5.91 Å². The number of benzene rings is 1. The Kier molecular flexibility index (Phi) is 3.25. The molecular formula is C16H13FN4O2. The van der Waals surface area contributed by atoms with Crippen molar-refractivity contribution < 1.29 is 13.6 Å². The molecule has 2 aromatic heterocycles. The van der Waals surface area contributed by atoms with Gasteiger partial charge in [-0.2, -0.15) is 0 Å². The van der Waals surface area contributed by atoms with E-state index in [0.717, 1.165) is 12.8 Å². The molecule has 1 N–H and O–H groups in total. The standard InChI is InChI=1S/C16H13FN4O2/c17-12-6-5-11(14-10(12)2-1-7-18-14)15(22)19-8-13-20-21-16(23-13)9-3-4-9/h1-2,5-7,9H,3-4,8H2,(H,19,22). The van der Waals surface area contributed by atoms with Crippen LogP contribution in [-0.4, -0.2) is 21.1 Å². The van der Waals surface area contributed by atoms with Gasteiger partial charge in [-0.05, 0) is 37.1 Å². The number of halogens is 1. The predicted octanol–water partition coefficient (Wildman–Crippen LogP) is 2.56. The minimum Gasteiger partial charge on any atom is -0.423 e. The van der Waals surface area contributed by atoms with Crippen LogP contribution in [0.25, 0.3) is 10.9 Å². The number of nitrogens with one attached hydrogen (secondary N) is 1. The number of carbonyl (C=O) groups is 1. The third-order valence-corrected chi connectivity index (χ3v) is 3.77. The Morgan fingerprint density at radius 3 is 3.00 bits per heavy atom. The summed E-state index contributed by atoms with van der Waals surface area (Å²) in [4.78, 5) is 16.4. The number of nitrogens with zero attached hydrogens (tertiary/aromatic N) is 3. The molecule has 0 bridgehead atoms. The molecule has 2 heterocycles. The summed E-state index contributed by atoms with van der Waals surface area (Å²) >= 11 is 0. The second-order valence-electron chi connectivity index (χ2n) is 5.49. The predicted molar refractivity (Wildman–Crippen MR) is 79.1 cm³/mol. The van der Waals surface area contributed by atoms with E-state index < -0.39 is 5.82 Å². The van der Waals surface area contributed by atoms with Gasteiger partial charge in [0.1, 0.15) is 5.82 Å². The van der Waals surface area contributed by atoms with Crippen LogP contribution < -0.4 is 5.32 Å². The van der Waals surface area contributed by atoms with Gasteiger partial charge in [0, 0.05) is 17.5 Å². The lowest BCUT2D eigenvalue weighted by Crippen LogP contribution is -2.23. The quantitative estimate of drug-likeness (QED) is 0.800. The topological polar surface area (TPSA) is 80.9 Å². The average Bonchev–Trinajstić information content (AvgIpc) is 3.32. The number of aromatic nitrogens is 3. The van der Waals surface area contributed by atoms with Crippen LogP contribution in [0.3, 0.4) is 0 Å². The third kappa shape index (κ3) is 2.65. The van der Waals surface area contributed by atoms with Crippen molar-refractivity contribution in [1.82, 2.24) is 20.5 Å². The highest BCUT2D eigenvalue weighted by Crippen LogP contribution is 2.38. The molecule has 116 valence electrons. The number of hydrogen-bond acceptors (Lipinski definition) is 5. The lowest BCUT2D eigenvalue weighted by atomic mass is 10.1. The summed E-state index contributed by atoms with van der Waals surface area (Å²) in [6.45, 7) is 0.129. The monoisotopic (exact) mass is 312 g/mol. The van der Waals surface area contributed by atoms with Gasteiger partial charge in [-0.25, -0.2) is 4.39 Å². The summed E-state index contributed by atoms with van der Waals surface area (Å²) in [7, 11) is 0. The first kappa shape index (κ1) is 13.8. The van der Waals surface area contributed by atoms with Crippen LogP contribution in [0.4, 0.5) is 4.39 Å². The van der Waals surface area contributed by atoms with Gasteiger partial charge in [-0.3, -0.25) is 9.78 Å². The van der Waals surface area contributed by atoms with E-state index in [1.807, 2.05) is 0 Å². The lowest BCUT2D eigenvalue weighted by Gasteiger charge is -2.06. The maximum atomic E-state index is 13.8. The summed E-state index contributed by atoms with van der Waals surface area (Å²) in [6, 6.07) is 5.90. The second kappa shape index (κ2) is 5.42. The van der Waals surface area contributed by atoms with E-state index >= 15 is 0 Å². The van der Waals surface area contributed by atoms with E-state index in [-0.39, 0.29) is 12.5 Å². The molecule has 1 aliphatic carbocycles. The van der Waals surface area contributed by atoms with E-state index in [0.29, 0.717) is 34.2 Å². The van der Waals surface area contributed by atoms with Gasteiger partial charge in [0.15, 0.2) is 0 Å². The first-order chi connectivity index (χ1) is 11.2. The van der Waals surface area contributed by atoms with Crippen LogP contribution in [0.15, 0.2) is 34.9 Å². The zero-order chi connectivity index (χ0) is 15.8. The first-order valence-corrected chi connectivity index (χ1v) is 7.36. The molecule has 0 aliphatic heterocycles. The third-order valence-electron chi connectivity index (χ3n) is 3.77. The maximum absolute atomic E-state index is 13.8. The Labute approximate surface area is 130 Å². The molecule has 1 saturated carbocycles. The van der Waals surface area contributed by atoms with E-state index in [4.69, 9.17) is 4.42 Å². The van der Waals surface area contributed by atoms with Crippen molar-refractivity contribution in [3.63, 3.8) is 0 Å². The van der Waals surface area contributed by atoms with Crippen LogP contribution >= 0.6 is 0 Å². The maximum Gasteiger partial charge on any atom is 0.253 e. The van der Waals surface area contributed by atoms with E-state index in [1.54, 1.807) is 12.1 Å². The second-order valence-corrected chi connectivity index (χ2v) is 5.49. The van der Waals surface area contributed by atoms with Gasteiger partial charge in [-0.1, -0.05) is 0 Å². The van der Waals surface area contributed by atoms with Crippen molar-refractivity contribution in [1.29, 1.82) is 0 Å². The van der Waals surface area contributed by atoms with Crippen molar-refractivity contribution in [2.75, 3.05) is 0 Å². The van der Waals surface area contributed by atoms with Crippen LogP contribution in [-0.2, 0) is 6.54 Å². The summed E-state index contributed by atoms with van der Waals surface area (Å²) in [5, 5.41) is 10.9. The zero-order valence-electron chi connectivity index (χ0n) is 12.1. The van der Waals surface area contributed by atoms with E-state index in [2.05, 4.69) is 20.5 Å². The Morgan fingerprint density at radius 2 is 2.17 bits per heavy atom. The van der Waals surface area contributed by atoms with Gasteiger partial charge >= 0.3 is 0 Å². The van der Waals surface area contributed by atoms with Crippen molar-refractivity contribution in [2.24, 2.45) is 0 Å². The molecule has 1 amide bonds. The largest absolute Gasteiger partial charge is 0.423 e. The smallest absolute Gasteiger partial charge is 0.253 e. The Bertz CT molecular complexity index is 889. The number of carbonyl (C=O) groups excluding carboxylic acids is 1. The summed E-state index contributed by atoms with van der Waals surface area (Å²) < 4.78 is 19.2. The summed E-state index contributed by atoms with van der Waals surface area (Å²) in [5.41, 5.74) is 0.637. The number of pyridine rings is 1. The minimum atomic E-state index is -0.407. The Hall–Kier alpha value is -2.83. The van der Waals surface area contributed by atoms with Crippen molar-refractivity contribution in [3.05, 3.63) is 53.6 Å². The molecule has 0 atom stereocenters. The molecule has 23 heavy (non-hydrogen) atoms. The van der Waals surface area contributed by atoms with E-state index in [1.165, 1.54) is 18.3 Å². The average molecular weight is 312 g/mol. The van der Waals surface area contributed by atoms with Gasteiger partial charge in [0.2, 0.25) is 11.8 Å². The highest BCUT2D eigenvalue weighted by atomic mass is 19.1. The normalized spacial score (nSPS) is 14.1. The SMILES string of the molecule is O=C(NCc1nnc(C2CC2)o1)c1ccc(F)c2cccnc12. The molecule has 6 nitrogen and oxygen atoms in total. The van der Waals surface area contributed by atoms with E-state index in [9.17, 15) is 9.18 Å². The number of amides is 1. The highest BCUT2D eigenvalue weighted by molar-refractivity contribution is 6.05. The molecule has 1 fully saturated rings. The number of fused-ring (bicyclic) bond motifs is 1. The van der Waals surface area contributed by atoms with Crippen molar-refractivity contribution in [3.8, 4) is 0 Å². The summed E-state index contributed by atoms with van der Waals surface area (Å²) in [6.07, 6.45) is 3.67. The molecule has 7 heteroatoms. The molecule has 0 radical (unpaired) electrons. The Balaban J connectivity index is 1.53. The minimum absolute atomic E-state index is 0.129. The lowest BCUT2D eigenvalue weighted by molar-refractivity contribution is 0.0948. The Morgan fingerprint density at radius 1 is 1.30 bits per heavy atom. The molecule has 1 aliphatic rings. The van der Waals surface area contributed by atoms with Gasteiger partial charge in [-0.15, -0.1) is 10.2 Å². The zero-order valence-corrected chi connectivity index (χ0v) is 12.1. The molecule has 4 rings (SSSR count). The van der Waals surface area contributed by atoms with Crippen LogP contribution in [0.2, 0.25) is 0 Å². The fourth-order valence-electron chi connectivity index (χ4n) is 2.41. The molecule has 0 spiro atoms. The van der Waals surface area contributed by atoms with Gasteiger partial charge < -0.3 is 9.73 Å². The van der Waals surface area contributed by atoms with Crippen molar-refractivity contribution in [2.45, 2.75) is 25.3 Å². The van der Waals surface area contributed by atoms with Crippen LogP contribution in [0.5, 0.6) is 0 Å². The molecule has 1 aromatic carbocycles. The van der Waals surface area contributed by atoms with Gasteiger partial charge in [0.05, 0.1) is 17.6 Å². The van der Waals surface area contributed by atoms with Crippen molar-refractivity contribution >= 4 is 16.8 Å². The molecule has 0 saturated heterocycles. The van der Waals surface area contributed by atoms with Crippen LogP contribution in [0, 0.1) is 5.82 Å². The molecule has 0 unspecified atom stereocenters. The highest BCUT2D eigenvalue weighted by Gasteiger charge is 2.29. The van der Waals surface area contributed by atoms with Crippen LogP contribution in [0.1, 0.15) is 40.9 Å². The number of rotatable bonds is 4. The fourth-order valence-corrected chi connectivity index (χ4v) is 2.41. The first-order valence-electron chi connectivity index (χ1n) is 7.36. The summed E-state index contributed by atoms with van der Waals surface area (Å²) in [5.74, 6) is 0.593. The molecular weight excluding hydrogens is 299 g/mol. The number of hydrogen-bond donors (Lipinski definition) is 1. The fraction of sp³-hybridized carbons (Fsp3) is 0.250.